The minimum Gasteiger partial charge on any atom is -0.390 e. The Morgan fingerprint density at radius 2 is 1.78 bits per heavy atom. The Hall–Kier alpha value is -0.0800. The maximum Gasteiger partial charge on any atom is 0.0674 e. The normalized spacial score (nSPS) is 22.3. The number of likely N-dealkylation sites (tertiary alicyclic amines) is 1. The monoisotopic (exact) mass is 255 g/mol. The summed E-state index contributed by atoms with van der Waals surface area (Å²) in [5, 5.41) is 10.7. The number of aliphatic hydroxyl groups is 1. The lowest BCUT2D eigenvalue weighted by Crippen LogP contribution is -2.47. The van der Waals surface area contributed by atoms with Gasteiger partial charge in [0.1, 0.15) is 0 Å². The number of piperidine rings is 1. The molecule has 1 atom stereocenters. The molecule has 0 bridgehead atoms. The van der Waals surface area contributed by atoms with Crippen molar-refractivity contribution in [2.45, 2.75) is 84.3 Å². The second-order valence-electron chi connectivity index (χ2n) is 6.47. The number of unbranched alkanes of at least 4 members (excludes halogenated alkanes) is 1. The van der Waals surface area contributed by atoms with Crippen molar-refractivity contribution in [1.29, 1.82) is 0 Å². The molecule has 0 aromatic heterocycles. The van der Waals surface area contributed by atoms with Crippen molar-refractivity contribution in [2.75, 3.05) is 13.1 Å². The molecule has 1 rings (SSSR count). The first-order chi connectivity index (χ1) is 8.50. The van der Waals surface area contributed by atoms with Gasteiger partial charge in [-0.05, 0) is 39.0 Å². The van der Waals surface area contributed by atoms with E-state index in [1.165, 1.54) is 25.7 Å². The molecule has 0 aromatic rings. The van der Waals surface area contributed by atoms with E-state index in [2.05, 4.69) is 32.6 Å². The third-order valence-electron chi connectivity index (χ3n) is 4.67. The Morgan fingerprint density at radius 1 is 1.17 bits per heavy atom. The summed E-state index contributed by atoms with van der Waals surface area (Å²) in [6, 6.07) is 0.622. The maximum absolute atomic E-state index is 10.7. The molecule has 0 saturated carbocycles. The molecule has 1 N–H and O–H groups in total. The van der Waals surface area contributed by atoms with E-state index in [0.717, 1.165) is 38.3 Å². The smallest absolute Gasteiger partial charge is 0.0674 e. The number of rotatable bonds is 7. The van der Waals surface area contributed by atoms with Gasteiger partial charge >= 0.3 is 0 Å². The number of hydrogen-bond donors (Lipinski definition) is 1. The largest absolute Gasteiger partial charge is 0.390 e. The van der Waals surface area contributed by atoms with Gasteiger partial charge in [-0.25, -0.2) is 0 Å². The van der Waals surface area contributed by atoms with Crippen LogP contribution in [0.1, 0.15) is 72.6 Å². The van der Waals surface area contributed by atoms with E-state index in [0.29, 0.717) is 6.04 Å². The zero-order valence-corrected chi connectivity index (χ0v) is 12.9. The summed E-state index contributed by atoms with van der Waals surface area (Å²) in [4.78, 5) is 2.49. The molecule has 0 aromatic carbocycles. The van der Waals surface area contributed by atoms with Crippen molar-refractivity contribution in [2.24, 2.45) is 5.92 Å². The van der Waals surface area contributed by atoms with Crippen LogP contribution in [0.3, 0.4) is 0 Å². The molecule has 2 nitrogen and oxygen atoms in total. The zero-order valence-electron chi connectivity index (χ0n) is 12.9. The molecular formula is C16H33NO. The highest BCUT2D eigenvalue weighted by atomic mass is 16.3. The van der Waals surface area contributed by atoms with E-state index in [1.54, 1.807) is 0 Å². The van der Waals surface area contributed by atoms with Crippen molar-refractivity contribution < 1.29 is 5.11 Å². The lowest BCUT2D eigenvalue weighted by atomic mass is 9.80. The van der Waals surface area contributed by atoms with E-state index in [9.17, 15) is 5.11 Å². The van der Waals surface area contributed by atoms with Crippen LogP contribution in [-0.4, -0.2) is 34.7 Å². The van der Waals surface area contributed by atoms with Crippen LogP contribution in [0.15, 0.2) is 0 Å². The second kappa shape index (κ2) is 7.49. The van der Waals surface area contributed by atoms with E-state index in [1.807, 2.05) is 0 Å². The lowest BCUT2D eigenvalue weighted by molar-refractivity contribution is -0.0457. The molecule has 1 unspecified atom stereocenters. The summed E-state index contributed by atoms with van der Waals surface area (Å²) in [5.41, 5.74) is -0.375. The highest BCUT2D eigenvalue weighted by molar-refractivity contribution is 4.88. The summed E-state index contributed by atoms with van der Waals surface area (Å²) in [6.07, 6.45) is 8.05. The van der Waals surface area contributed by atoms with Crippen LogP contribution in [-0.2, 0) is 0 Å². The lowest BCUT2D eigenvalue weighted by Gasteiger charge is -2.41. The first kappa shape index (κ1) is 16.0. The Balaban J connectivity index is 2.40. The van der Waals surface area contributed by atoms with Gasteiger partial charge in [0.15, 0.2) is 0 Å². The minimum atomic E-state index is -0.375. The Labute approximate surface area is 114 Å². The van der Waals surface area contributed by atoms with Gasteiger partial charge in [0, 0.05) is 19.1 Å². The van der Waals surface area contributed by atoms with Crippen molar-refractivity contribution in [3.63, 3.8) is 0 Å². The molecular weight excluding hydrogens is 222 g/mol. The van der Waals surface area contributed by atoms with Gasteiger partial charge in [0.25, 0.3) is 0 Å². The van der Waals surface area contributed by atoms with Gasteiger partial charge in [-0.3, -0.25) is 0 Å². The second-order valence-corrected chi connectivity index (χ2v) is 6.47. The zero-order chi connectivity index (χ0) is 13.6. The molecule has 1 heterocycles. The van der Waals surface area contributed by atoms with Gasteiger partial charge in [-0.2, -0.15) is 0 Å². The molecule has 2 heteroatoms. The highest BCUT2D eigenvalue weighted by Crippen LogP contribution is 2.32. The van der Waals surface area contributed by atoms with E-state index in [4.69, 9.17) is 0 Å². The molecule has 1 saturated heterocycles. The van der Waals surface area contributed by atoms with E-state index >= 15 is 0 Å². The standard InChI is InChI=1S/C16H33NO/c1-5-7-8-15(6-2)13-16(18)9-11-17(12-10-16)14(3)4/h14-15,18H,5-13H2,1-4H3. The quantitative estimate of drug-likeness (QED) is 0.747. The molecule has 1 aliphatic heterocycles. The molecule has 1 aliphatic rings. The van der Waals surface area contributed by atoms with Gasteiger partial charge in [-0.1, -0.05) is 39.5 Å². The third kappa shape index (κ3) is 4.89. The Morgan fingerprint density at radius 3 is 2.22 bits per heavy atom. The predicted octanol–water partition coefficient (Wildman–Crippen LogP) is 3.83. The summed E-state index contributed by atoms with van der Waals surface area (Å²) >= 11 is 0. The fraction of sp³-hybridized carbons (Fsp3) is 1.00. The van der Waals surface area contributed by atoms with Crippen molar-refractivity contribution >= 4 is 0 Å². The van der Waals surface area contributed by atoms with Crippen LogP contribution < -0.4 is 0 Å². The van der Waals surface area contributed by atoms with Crippen molar-refractivity contribution in [3.05, 3.63) is 0 Å². The van der Waals surface area contributed by atoms with Crippen molar-refractivity contribution in [3.8, 4) is 0 Å². The SMILES string of the molecule is CCCCC(CC)CC1(O)CCN(C(C)C)CC1. The van der Waals surface area contributed by atoms with Gasteiger partial charge in [-0.15, -0.1) is 0 Å². The predicted molar refractivity (Wildman–Crippen MR) is 78.8 cm³/mol. The summed E-state index contributed by atoms with van der Waals surface area (Å²) in [6.45, 7) is 11.2. The molecule has 0 aliphatic carbocycles. The summed E-state index contributed by atoms with van der Waals surface area (Å²) in [7, 11) is 0. The number of hydrogen-bond acceptors (Lipinski definition) is 2. The van der Waals surface area contributed by atoms with Gasteiger partial charge < -0.3 is 10.0 Å². The number of nitrogens with zero attached hydrogens (tertiary/aromatic N) is 1. The van der Waals surface area contributed by atoms with E-state index < -0.39 is 0 Å². The molecule has 18 heavy (non-hydrogen) atoms. The average Bonchev–Trinajstić information content (AvgIpc) is 2.35. The first-order valence-electron chi connectivity index (χ1n) is 7.97. The molecule has 0 radical (unpaired) electrons. The fourth-order valence-corrected chi connectivity index (χ4v) is 3.14. The van der Waals surface area contributed by atoms with Crippen LogP contribution in [0.2, 0.25) is 0 Å². The van der Waals surface area contributed by atoms with Crippen LogP contribution in [0.4, 0.5) is 0 Å². The van der Waals surface area contributed by atoms with Crippen LogP contribution in [0.25, 0.3) is 0 Å². The van der Waals surface area contributed by atoms with E-state index in [-0.39, 0.29) is 5.60 Å². The van der Waals surface area contributed by atoms with Crippen LogP contribution >= 0.6 is 0 Å². The Kier molecular flexibility index (Phi) is 6.65. The average molecular weight is 255 g/mol. The summed E-state index contributed by atoms with van der Waals surface area (Å²) in [5.74, 6) is 0.723. The third-order valence-corrected chi connectivity index (χ3v) is 4.67. The fourth-order valence-electron chi connectivity index (χ4n) is 3.14. The Bertz CT molecular complexity index is 219. The topological polar surface area (TPSA) is 23.5 Å². The first-order valence-corrected chi connectivity index (χ1v) is 7.97. The van der Waals surface area contributed by atoms with Crippen molar-refractivity contribution in [1.82, 2.24) is 4.90 Å². The maximum atomic E-state index is 10.7. The molecule has 108 valence electrons. The van der Waals surface area contributed by atoms with Gasteiger partial charge in [0.2, 0.25) is 0 Å². The molecule has 1 fully saturated rings. The van der Waals surface area contributed by atoms with Crippen LogP contribution in [0.5, 0.6) is 0 Å². The molecule has 0 amide bonds. The minimum absolute atomic E-state index is 0.375. The van der Waals surface area contributed by atoms with Gasteiger partial charge in [0.05, 0.1) is 5.60 Å². The van der Waals surface area contributed by atoms with Crippen LogP contribution in [0, 0.1) is 5.92 Å². The highest BCUT2D eigenvalue weighted by Gasteiger charge is 2.34. The summed E-state index contributed by atoms with van der Waals surface area (Å²) < 4.78 is 0. The molecule has 0 spiro atoms.